The van der Waals surface area contributed by atoms with E-state index in [1.807, 2.05) is 12.1 Å². The van der Waals surface area contributed by atoms with Gasteiger partial charge >= 0.3 is 0 Å². The molecular formula is C13H20N2OS. The van der Waals surface area contributed by atoms with Crippen LogP contribution in [0.15, 0.2) is 24.3 Å². The Kier molecular flexibility index (Phi) is 5.38. The normalized spacial score (nSPS) is 12.3. The molecule has 94 valence electrons. The molecule has 0 bridgehead atoms. The zero-order valence-corrected chi connectivity index (χ0v) is 11.3. The monoisotopic (exact) mass is 252 g/mol. The van der Waals surface area contributed by atoms with E-state index in [9.17, 15) is 0 Å². The number of thiocarbonyl (C=S) groups is 1. The summed E-state index contributed by atoms with van der Waals surface area (Å²) < 4.78 is 0. The van der Waals surface area contributed by atoms with Crippen molar-refractivity contribution in [1.82, 2.24) is 5.32 Å². The summed E-state index contributed by atoms with van der Waals surface area (Å²) >= 11 is 5.11. The summed E-state index contributed by atoms with van der Waals surface area (Å²) in [4.78, 5) is 0. The molecular weight excluding hydrogens is 232 g/mol. The van der Waals surface area contributed by atoms with Crippen LogP contribution in [0, 0.1) is 0 Å². The number of anilines is 1. The van der Waals surface area contributed by atoms with E-state index < -0.39 is 6.10 Å². The van der Waals surface area contributed by atoms with Gasteiger partial charge in [-0.1, -0.05) is 26.0 Å². The highest BCUT2D eigenvalue weighted by molar-refractivity contribution is 7.80. The van der Waals surface area contributed by atoms with Crippen LogP contribution in [0.4, 0.5) is 5.69 Å². The number of hydrogen-bond acceptors (Lipinski definition) is 2. The molecule has 0 fully saturated rings. The van der Waals surface area contributed by atoms with Crippen molar-refractivity contribution in [2.24, 2.45) is 0 Å². The molecule has 0 radical (unpaired) electrons. The van der Waals surface area contributed by atoms with Gasteiger partial charge in [0.15, 0.2) is 5.11 Å². The Labute approximate surface area is 108 Å². The first-order chi connectivity index (χ1) is 7.99. The molecule has 4 heteroatoms. The lowest BCUT2D eigenvalue weighted by atomic mass is 10.0. The molecule has 0 heterocycles. The lowest BCUT2D eigenvalue weighted by Gasteiger charge is -2.12. The molecule has 1 aromatic carbocycles. The highest BCUT2D eigenvalue weighted by atomic mass is 32.1. The Morgan fingerprint density at radius 2 is 1.82 bits per heavy atom. The topological polar surface area (TPSA) is 44.3 Å². The molecule has 3 N–H and O–H groups in total. The largest absolute Gasteiger partial charge is 0.392 e. The zero-order chi connectivity index (χ0) is 12.8. The lowest BCUT2D eigenvalue weighted by Crippen LogP contribution is -2.33. The summed E-state index contributed by atoms with van der Waals surface area (Å²) in [5.74, 6) is 0.532. The van der Waals surface area contributed by atoms with E-state index in [-0.39, 0.29) is 0 Å². The van der Waals surface area contributed by atoms with Crippen molar-refractivity contribution in [1.29, 1.82) is 0 Å². The van der Waals surface area contributed by atoms with E-state index in [0.29, 0.717) is 17.6 Å². The summed E-state index contributed by atoms with van der Waals surface area (Å²) in [6, 6.07) is 8.19. The van der Waals surface area contributed by atoms with E-state index in [1.54, 1.807) is 6.92 Å². The first-order valence-corrected chi connectivity index (χ1v) is 6.22. The van der Waals surface area contributed by atoms with Gasteiger partial charge < -0.3 is 15.7 Å². The molecule has 0 saturated heterocycles. The molecule has 0 spiro atoms. The molecule has 0 unspecified atom stereocenters. The molecule has 0 aliphatic carbocycles. The van der Waals surface area contributed by atoms with Crippen LogP contribution < -0.4 is 10.6 Å². The summed E-state index contributed by atoms with van der Waals surface area (Å²) in [6.45, 7) is 6.50. The van der Waals surface area contributed by atoms with Gasteiger partial charge in [0.25, 0.3) is 0 Å². The average molecular weight is 252 g/mol. The van der Waals surface area contributed by atoms with Crippen LogP contribution in [-0.2, 0) is 0 Å². The number of nitrogens with one attached hydrogen (secondary N) is 2. The maximum atomic E-state index is 9.11. The maximum absolute atomic E-state index is 9.11. The Morgan fingerprint density at radius 3 is 2.29 bits per heavy atom. The van der Waals surface area contributed by atoms with Crippen LogP contribution in [0.3, 0.4) is 0 Å². The predicted octanol–water partition coefficient (Wildman–Crippen LogP) is 2.48. The van der Waals surface area contributed by atoms with Crippen LogP contribution in [0.5, 0.6) is 0 Å². The Bertz CT molecular complexity index is 360. The maximum Gasteiger partial charge on any atom is 0.170 e. The van der Waals surface area contributed by atoms with E-state index in [1.165, 1.54) is 5.56 Å². The molecule has 3 nitrogen and oxygen atoms in total. The highest BCUT2D eigenvalue weighted by Crippen LogP contribution is 2.16. The van der Waals surface area contributed by atoms with Crippen LogP contribution in [0.1, 0.15) is 32.3 Å². The average Bonchev–Trinajstić information content (AvgIpc) is 2.27. The van der Waals surface area contributed by atoms with Crippen molar-refractivity contribution in [3.05, 3.63) is 29.8 Å². The Morgan fingerprint density at radius 1 is 1.24 bits per heavy atom. The van der Waals surface area contributed by atoms with Gasteiger partial charge in [-0.05, 0) is 42.8 Å². The van der Waals surface area contributed by atoms with Crippen LogP contribution in [0.2, 0.25) is 0 Å². The second-order valence-electron chi connectivity index (χ2n) is 4.46. The van der Waals surface area contributed by atoms with Crippen LogP contribution in [0.25, 0.3) is 0 Å². The molecule has 0 amide bonds. The van der Waals surface area contributed by atoms with Crippen molar-refractivity contribution < 1.29 is 5.11 Å². The van der Waals surface area contributed by atoms with Gasteiger partial charge in [-0.25, -0.2) is 0 Å². The summed E-state index contributed by atoms with van der Waals surface area (Å²) in [7, 11) is 0. The molecule has 17 heavy (non-hydrogen) atoms. The fraction of sp³-hybridized carbons (Fsp3) is 0.462. The van der Waals surface area contributed by atoms with Gasteiger partial charge in [-0.3, -0.25) is 0 Å². The minimum Gasteiger partial charge on any atom is -0.392 e. The first kappa shape index (κ1) is 13.9. The van der Waals surface area contributed by atoms with Crippen molar-refractivity contribution >= 4 is 23.0 Å². The second-order valence-corrected chi connectivity index (χ2v) is 4.87. The minimum atomic E-state index is -0.405. The molecule has 0 aliphatic heterocycles. The zero-order valence-electron chi connectivity index (χ0n) is 10.5. The summed E-state index contributed by atoms with van der Waals surface area (Å²) in [5.41, 5.74) is 2.26. The number of aliphatic hydroxyl groups excluding tert-OH is 1. The standard InChI is InChI=1S/C13H20N2OS/c1-9(2)11-4-6-12(7-5-11)15-13(17)14-8-10(3)16/h4-7,9-10,16H,8H2,1-3H3,(H2,14,15,17)/t10-/m1/s1. The molecule has 1 rings (SSSR count). The van der Waals surface area contributed by atoms with Gasteiger partial charge in [0.05, 0.1) is 6.10 Å². The van der Waals surface area contributed by atoms with Crippen LogP contribution >= 0.6 is 12.2 Å². The Hall–Kier alpha value is -1.13. The van der Waals surface area contributed by atoms with Crippen molar-refractivity contribution in [2.45, 2.75) is 32.8 Å². The second kappa shape index (κ2) is 6.57. The highest BCUT2D eigenvalue weighted by Gasteiger charge is 2.01. The third kappa shape index (κ3) is 5.15. The van der Waals surface area contributed by atoms with Gasteiger partial charge in [-0.15, -0.1) is 0 Å². The third-order valence-corrected chi connectivity index (χ3v) is 2.64. The molecule has 0 saturated carbocycles. The Balaban J connectivity index is 2.48. The fourth-order valence-corrected chi connectivity index (χ4v) is 1.57. The molecule has 1 atom stereocenters. The first-order valence-electron chi connectivity index (χ1n) is 5.82. The molecule has 0 aliphatic rings. The van der Waals surface area contributed by atoms with Crippen molar-refractivity contribution in [3.63, 3.8) is 0 Å². The predicted molar refractivity (Wildman–Crippen MR) is 76.4 cm³/mol. The number of rotatable bonds is 4. The SMILES string of the molecule is CC(C)c1ccc(NC(=S)NC[C@@H](C)O)cc1. The summed E-state index contributed by atoms with van der Waals surface area (Å²) in [5, 5.41) is 15.7. The van der Waals surface area contributed by atoms with Gasteiger partial charge in [0.2, 0.25) is 0 Å². The third-order valence-electron chi connectivity index (χ3n) is 2.39. The van der Waals surface area contributed by atoms with Gasteiger partial charge in [0, 0.05) is 12.2 Å². The minimum absolute atomic E-state index is 0.405. The van der Waals surface area contributed by atoms with Gasteiger partial charge in [-0.2, -0.15) is 0 Å². The van der Waals surface area contributed by atoms with Crippen molar-refractivity contribution in [3.8, 4) is 0 Å². The lowest BCUT2D eigenvalue weighted by molar-refractivity contribution is 0.198. The fourth-order valence-electron chi connectivity index (χ4n) is 1.37. The number of aliphatic hydroxyl groups is 1. The molecule has 1 aromatic rings. The summed E-state index contributed by atoms with van der Waals surface area (Å²) in [6.07, 6.45) is -0.405. The van der Waals surface area contributed by atoms with Crippen molar-refractivity contribution in [2.75, 3.05) is 11.9 Å². The number of hydrogen-bond donors (Lipinski definition) is 3. The van der Waals surface area contributed by atoms with E-state index in [0.717, 1.165) is 5.69 Å². The number of benzene rings is 1. The smallest absolute Gasteiger partial charge is 0.170 e. The van der Waals surface area contributed by atoms with Gasteiger partial charge in [0.1, 0.15) is 0 Å². The quantitative estimate of drug-likeness (QED) is 0.720. The van der Waals surface area contributed by atoms with Crippen LogP contribution in [-0.4, -0.2) is 22.9 Å². The van der Waals surface area contributed by atoms with E-state index in [2.05, 4.69) is 36.6 Å². The van der Waals surface area contributed by atoms with E-state index >= 15 is 0 Å². The molecule has 0 aromatic heterocycles. The van der Waals surface area contributed by atoms with E-state index in [4.69, 9.17) is 17.3 Å².